The van der Waals surface area contributed by atoms with Gasteiger partial charge in [-0.1, -0.05) is 34.1 Å². The molecule has 1 nitrogen and oxygen atoms in total. The van der Waals surface area contributed by atoms with Crippen molar-refractivity contribution in [2.75, 3.05) is 6.54 Å². The summed E-state index contributed by atoms with van der Waals surface area (Å²) >= 11 is 3.66. The highest BCUT2D eigenvalue weighted by Crippen LogP contribution is 2.23. The van der Waals surface area contributed by atoms with Crippen molar-refractivity contribution in [3.05, 3.63) is 33.8 Å². The molecule has 2 rings (SSSR count). The summed E-state index contributed by atoms with van der Waals surface area (Å²) in [5.74, 6) is 0. The molecular weight excluding hydrogens is 238 g/mol. The zero-order valence-electron chi connectivity index (χ0n) is 8.52. The van der Waals surface area contributed by atoms with Crippen LogP contribution in [-0.2, 0) is 6.42 Å². The molecule has 1 aromatic rings. The van der Waals surface area contributed by atoms with Crippen LogP contribution in [0.1, 0.15) is 24.0 Å². The monoisotopic (exact) mass is 253 g/mol. The van der Waals surface area contributed by atoms with Gasteiger partial charge in [-0.3, -0.25) is 0 Å². The Kier molecular flexibility index (Phi) is 3.24. The number of nitrogens with one attached hydrogen (secondary N) is 1. The highest BCUT2D eigenvalue weighted by molar-refractivity contribution is 9.10. The first-order valence-corrected chi connectivity index (χ1v) is 6.04. The second-order valence-electron chi connectivity index (χ2n) is 4.05. The standard InChI is InChI=1S/C12H16BrN/c1-9-4-2-5-10(12(9)13)8-11-6-3-7-14-11/h2,4-5,11,14H,3,6-8H2,1H3. The molecule has 0 amide bonds. The minimum Gasteiger partial charge on any atom is -0.314 e. The SMILES string of the molecule is Cc1cccc(CC2CCCN2)c1Br. The van der Waals surface area contributed by atoms with E-state index >= 15 is 0 Å². The van der Waals surface area contributed by atoms with E-state index in [1.54, 1.807) is 0 Å². The zero-order chi connectivity index (χ0) is 9.97. The number of benzene rings is 1. The van der Waals surface area contributed by atoms with E-state index in [1.807, 2.05) is 0 Å². The summed E-state index contributed by atoms with van der Waals surface area (Å²) in [6.45, 7) is 3.34. The predicted octanol–water partition coefficient (Wildman–Crippen LogP) is 3.05. The zero-order valence-corrected chi connectivity index (χ0v) is 10.1. The van der Waals surface area contributed by atoms with Crippen LogP contribution in [0.25, 0.3) is 0 Å². The lowest BCUT2D eigenvalue weighted by molar-refractivity contribution is 0.602. The van der Waals surface area contributed by atoms with Crippen LogP contribution in [0.15, 0.2) is 22.7 Å². The van der Waals surface area contributed by atoms with Crippen LogP contribution in [-0.4, -0.2) is 12.6 Å². The smallest absolute Gasteiger partial charge is 0.0237 e. The van der Waals surface area contributed by atoms with Crippen molar-refractivity contribution < 1.29 is 0 Å². The van der Waals surface area contributed by atoms with Crippen LogP contribution in [0, 0.1) is 6.92 Å². The molecule has 76 valence electrons. The van der Waals surface area contributed by atoms with Gasteiger partial charge in [-0.2, -0.15) is 0 Å². The van der Waals surface area contributed by atoms with Gasteiger partial charge in [0.15, 0.2) is 0 Å². The molecule has 1 aliphatic heterocycles. The van der Waals surface area contributed by atoms with Crippen molar-refractivity contribution in [3.8, 4) is 0 Å². The second kappa shape index (κ2) is 4.45. The minimum absolute atomic E-state index is 0.688. The van der Waals surface area contributed by atoms with Gasteiger partial charge in [0, 0.05) is 10.5 Å². The summed E-state index contributed by atoms with van der Waals surface area (Å²) in [4.78, 5) is 0. The molecule has 14 heavy (non-hydrogen) atoms. The van der Waals surface area contributed by atoms with Gasteiger partial charge in [0.05, 0.1) is 0 Å². The molecule has 0 spiro atoms. The second-order valence-corrected chi connectivity index (χ2v) is 4.84. The highest BCUT2D eigenvalue weighted by atomic mass is 79.9. The van der Waals surface area contributed by atoms with E-state index in [2.05, 4.69) is 46.4 Å². The fourth-order valence-electron chi connectivity index (χ4n) is 2.06. The Hall–Kier alpha value is -0.340. The van der Waals surface area contributed by atoms with Crippen molar-refractivity contribution in [1.82, 2.24) is 5.32 Å². The van der Waals surface area contributed by atoms with Crippen molar-refractivity contribution in [2.24, 2.45) is 0 Å². The third kappa shape index (κ3) is 2.18. The average molecular weight is 254 g/mol. The van der Waals surface area contributed by atoms with Crippen LogP contribution >= 0.6 is 15.9 Å². The molecule has 1 aliphatic rings. The molecule has 1 atom stereocenters. The molecule has 1 unspecified atom stereocenters. The van der Waals surface area contributed by atoms with Crippen molar-refractivity contribution >= 4 is 15.9 Å². The van der Waals surface area contributed by atoms with Gasteiger partial charge in [0.1, 0.15) is 0 Å². The van der Waals surface area contributed by atoms with Crippen molar-refractivity contribution in [2.45, 2.75) is 32.2 Å². The lowest BCUT2D eigenvalue weighted by Gasteiger charge is -2.12. The molecule has 1 fully saturated rings. The topological polar surface area (TPSA) is 12.0 Å². The number of rotatable bonds is 2. The molecule has 0 radical (unpaired) electrons. The van der Waals surface area contributed by atoms with E-state index in [9.17, 15) is 0 Å². The summed E-state index contributed by atoms with van der Waals surface area (Å²) in [6.07, 6.45) is 3.80. The summed E-state index contributed by atoms with van der Waals surface area (Å²) in [5, 5.41) is 3.53. The fraction of sp³-hybridized carbons (Fsp3) is 0.500. The van der Waals surface area contributed by atoms with E-state index < -0.39 is 0 Å². The number of aryl methyl sites for hydroxylation is 1. The van der Waals surface area contributed by atoms with E-state index in [-0.39, 0.29) is 0 Å². The predicted molar refractivity (Wildman–Crippen MR) is 63.6 cm³/mol. The Bertz CT molecular complexity index is 316. The highest BCUT2D eigenvalue weighted by Gasteiger charge is 2.15. The summed E-state index contributed by atoms with van der Waals surface area (Å²) in [5.41, 5.74) is 2.77. The molecule has 1 N–H and O–H groups in total. The number of hydrogen-bond acceptors (Lipinski definition) is 1. The van der Waals surface area contributed by atoms with Gasteiger partial charge in [-0.25, -0.2) is 0 Å². The van der Waals surface area contributed by atoms with Gasteiger partial charge < -0.3 is 5.32 Å². The maximum absolute atomic E-state index is 3.66. The quantitative estimate of drug-likeness (QED) is 0.855. The van der Waals surface area contributed by atoms with Gasteiger partial charge in [-0.15, -0.1) is 0 Å². The van der Waals surface area contributed by atoms with Crippen molar-refractivity contribution in [3.63, 3.8) is 0 Å². The largest absolute Gasteiger partial charge is 0.314 e. The number of hydrogen-bond donors (Lipinski definition) is 1. The lowest BCUT2D eigenvalue weighted by atomic mass is 10.0. The first-order valence-electron chi connectivity index (χ1n) is 5.25. The molecular formula is C12H16BrN. The Morgan fingerprint density at radius 2 is 2.36 bits per heavy atom. The van der Waals surface area contributed by atoms with E-state index in [4.69, 9.17) is 0 Å². The number of halogens is 1. The average Bonchev–Trinajstić information content (AvgIpc) is 2.66. The first-order chi connectivity index (χ1) is 6.77. The van der Waals surface area contributed by atoms with Crippen LogP contribution in [0.2, 0.25) is 0 Å². The maximum atomic E-state index is 3.66. The van der Waals surface area contributed by atoms with E-state index in [1.165, 1.54) is 35.0 Å². The molecule has 1 heterocycles. The molecule has 1 aromatic carbocycles. The van der Waals surface area contributed by atoms with Crippen LogP contribution in [0.4, 0.5) is 0 Å². The Morgan fingerprint density at radius 1 is 1.50 bits per heavy atom. The molecule has 0 bridgehead atoms. The van der Waals surface area contributed by atoms with Gasteiger partial charge in [0.25, 0.3) is 0 Å². The fourth-order valence-corrected chi connectivity index (χ4v) is 2.49. The van der Waals surface area contributed by atoms with Crippen LogP contribution in [0.3, 0.4) is 0 Å². The minimum atomic E-state index is 0.688. The molecule has 2 heteroatoms. The Balaban J connectivity index is 2.11. The summed E-state index contributed by atoms with van der Waals surface area (Å²) in [6, 6.07) is 7.20. The van der Waals surface area contributed by atoms with E-state index in [0.717, 1.165) is 6.42 Å². The first kappa shape index (κ1) is 10.2. The molecule has 1 saturated heterocycles. The third-order valence-electron chi connectivity index (χ3n) is 2.90. The summed E-state index contributed by atoms with van der Waals surface area (Å²) in [7, 11) is 0. The Morgan fingerprint density at radius 3 is 3.07 bits per heavy atom. The van der Waals surface area contributed by atoms with E-state index in [0.29, 0.717) is 6.04 Å². The Labute approximate surface area is 94.0 Å². The van der Waals surface area contributed by atoms with Crippen molar-refractivity contribution in [1.29, 1.82) is 0 Å². The lowest BCUT2D eigenvalue weighted by Crippen LogP contribution is -2.23. The van der Waals surface area contributed by atoms with Crippen LogP contribution < -0.4 is 5.32 Å². The molecule has 0 aliphatic carbocycles. The normalized spacial score (nSPS) is 21.4. The molecule has 0 saturated carbocycles. The van der Waals surface area contributed by atoms with Gasteiger partial charge >= 0.3 is 0 Å². The van der Waals surface area contributed by atoms with Gasteiger partial charge in [-0.05, 0) is 43.9 Å². The van der Waals surface area contributed by atoms with Gasteiger partial charge in [0.2, 0.25) is 0 Å². The third-order valence-corrected chi connectivity index (χ3v) is 4.04. The molecule has 0 aromatic heterocycles. The summed E-state index contributed by atoms with van der Waals surface area (Å²) < 4.78 is 1.29. The maximum Gasteiger partial charge on any atom is 0.0237 e. The van der Waals surface area contributed by atoms with Crippen LogP contribution in [0.5, 0.6) is 0 Å².